The molecule has 0 aliphatic carbocycles. The lowest BCUT2D eigenvalue weighted by molar-refractivity contribution is -0.121. The van der Waals surface area contributed by atoms with Crippen molar-refractivity contribution >= 4 is 27.8 Å². The van der Waals surface area contributed by atoms with Crippen LogP contribution >= 0.6 is 0 Å². The number of aromatic nitrogens is 3. The summed E-state index contributed by atoms with van der Waals surface area (Å²) in [5.74, 6) is 0.792. The monoisotopic (exact) mass is 484 g/mol. The third kappa shape index (κ3) is 4.52. The van der Waals surface area contributed by atoms with Gasteiger partial charge in [-0.15, -0.1) is 0 Å². The summed E-state index contributed by atoms with van der Waals surface area (Å²) < 4.78 is 2.17. The number of imidazole rings is 1. The number of nitrogens with one attached hydrogen (secondary N) is 2. The van der Waals surface area contributed by atoms with Gasteiger partial charge in [0.15, 0.2) is 0 Å². The van der Waals surface area contributed by atoms with Crippen molar-refractivity contribution in [1.82, 2.24) is 19.9 Å². The first-order valence-corrected chi connectivity index (χ1v) is 12.6. The highest BCUT2D eigenvalue weighted by Crippen LogP contribution is 2.28. The van der Waals surface area contributed by atoms with E-state index in [4.69, 9.17) is 4.98 Å². The van der Waals surface area contributed by atoms with Crippen LogP contribution in [-0.4, -0.2) is 20.4 Å². The fourth-order valence-electron chi connectivity index (χ4n) is 5.15. The van der Waals surface area contributed by atoms with Gasteiger partial charge in [-0.1, -0.05) is 78.9 Å². The Morgan fingerprint density at radius 2 is 1.54 bits per heavy atom. The zero-order valence-corrected chi connectivity index (χ0v) is 20.7. The molecule has 37 heavy (non-hydrogen) atoms. The van der Waals surface area contributed by atoms with Gasteiger partial charge in [-0.25, -0.2) is 4.98 Å². The molecule has 0 bridgehead atoms. The Hall–Kier alpha value is -4.64. The highest BCUT2D eigenvalue weighted by Gasteiger charge is 2.24. The van der Waals surface area contributed by atoms with Gasteiger partial charge in [0.1, 0.15) is 5.82 Å². The van der Waals surface area contributed by atoms with E-state index >= 15 is 0 Å². The van der Waals surface area contributed by atoms with Crippen molar-refractivity contribution in [1.29, 1.82) is 0 Å². The number of hydrogen-bond donors (Lipinski definition) is 2. The Labute approximate surface area is 215 Å². The molecule has 5 nitrogen and oxygen atoms in total. The number of carbonyl (C=O) groups excluding carboxylic acids is 1. The molecule has 2 N–H and O–H groups in total. The molecule has 5 heteroatoms. The first-order chi connectivity index (χ1) is 18.2. The molecule has 4 aromatic carbocycles. The van der Waals surface area contributed by atoms with Gasteiger partial charge >= 0.3 is 0 Å². The lowest BCUT2D eigenvalue weighted by Crippen LogP contribution is -2.33. The normalized spacial score (nSPS) is 12.1. The molecule has 182 valence electrons. The summed E-state index contributed by atoms with van der Waals surface area (Å²) in [5.41, 5.74) is 7.18. The van der Waals surface area contributed by atoms with E-state index in [0.717, 1.165) is 50.3 Å². The maximum atomic E-state index is 13.6. The third-order valence-electron chi connectivity index (χ3n) is 6.90. The quantitative estimate of drug-likeness (QED) is 0.273. The molecule has 6 rings (SSSR count). The molecule has 2 heterocycles. The Bertz CT molecular complexity index is 1680. The number of amides is 1. The fraction of sp³-hybridized carbons (Fsp3) is 0.125. The van der Waals surface area contributed by atoms with Crippen LogP contribution in [0.25, 0.3) is 27.6 Å². The molecule has 0 unspecified atom stereocenters. The van der Waals surface area contributed by atoms with E-state index in [1.165, 1.54) is 0 Å². The first-order valence-electron chi connectivity index (χ1n) is 12.6. The average molecular weight is 485 g/mol. The topological polar surface area (TPSA) is 62.7 Å². The maximum absolute atomic E-state index is 13.6. The molecule has 6 aromatic rings. The van der Waals surface area contributed by atoms with Crippen LogP contribution in [0.3, 0.4) is 0 Å². The molecular weight excluding hydrogens is 456 g/mol. The highest BCUT2D eigenvalue weighted by atomic mass is 16.1. The molecule has 0 fully saturated rings. The van der Waals surface area contributed by atoms with E-state index in [2.05, 4.69) is 51.3 Å². The van der Waals surface area contributed by atoms with E-state index in [1.807, 2.05) is 79.7 Å². The standard InChI is InChI=1S/C32H28N4O/c1-22-26(25-16-8-9-17-27(25)33-22)21-31(37)34-29(20-23-12-4-2-5-13-23)32-35-28-18-10-11-19-30(28)36(32)24-14-6-3-7-15-24/h2-19,29,33H,20-21H2,1H3,(H,34,37)/t29-/m0/s1. The number of benzene rings is 4. The van der Waals surface area contributed by atoms with Gasteiger partial charge in [0.05, 0.1) is 23.5 Å². The van der Waals surface area contributed by atoms with Crippen LogP contribution in [0.15, 0.2) is 109 Å². The molecule has 2 aromatic heterocycles. The molecule has 0 saturated heterocycles. The van der Waals surface area contributed by atoms with Crippen molar-refractivity contribution in [2.75, 3.05) is 0 Å². The predicted octanol–water partition coefficient (Wildman–Crippen LogP) is 6.46. The van der Waals surface area contributed by atoms with Crippen molar-refractivity contribution in [3.05, 3.63) is 132 Å². The largest absolute Gasteiger partial charge is 0.358 e. The summed E-state index contributed by atoms with van der Waals surface area (Å²) >= 11 is 0. The summed E-state index contributed by atoms with van der Waals surface area (Å²) in [6, 6.07) is 36.4. The number of nitrogens with zero attached hydrogens (tertiary/aromatic N) is 2. The van der Waals surface area contributed by atoms with Crippen LogP contribution in [0.1, 0.15) is 28.7 Å². The second-order valence-corrected chi connectivity index (χ2v) is 9.39. The minimum Gasteiger partial charge on any atom is -0.358 e. The van der Waals surface area contributed by atoms with Crippen LogP contribution in [0, 0.1) is 6.92 Å². The molecule has 0 aliphatic rings. The van der Waals surface area contributed by atoms with Gasteiger partial charge in [0.2, 0.25) is 5.91 Å². The number of hydrogen-bond acceptors (Lipinski definition) is 2. The minimum absolute atomic E-state index is 0.0274. The Balaban J connectivity index is 1.41. The maximum Gasteiger partial charge on any atom is 0.225 e. The highest BCUT2D eigenvalue weighted by molar-refractivity contribution is 5.90. The predicted molar refractivity (Wildman–Crippen MR) is 149 cm³/mol. The molecule has 0 saturated carbocycles. The Morgan fingerprint density at radius 1 is 0.865 bits per heavy atom. The Morgan fingerprint density at radius 3 is 2.35 bits per heavy atom. The number of H-pyrrole nitrogens is 1. The van der Waals surface area contributed by atoms with Gasteiger partial charge in [0.25, 0.3) is 0 Å². The molecule has 1 amide bonds. The minimum atomic E-state index is -0.312. The number of carbonyl (C=O) groups is 1. The summed E-state index contributed by atoms with van der Waals surface area (Å²) in [5, 5.41) is 4.44. The molecule has 0 radical (unpaired) electrons. The number of para-hydroxylation sites is 4. The second-order valence-electron chi connectivity index (χ2n) is 9.39. The summed E-state index contributed by atoms with van der Waals surface area (Å²) in [7, 11) is 0. The number of aryl methyl sites for hydroxylation is 1. The summed E-state index contributed by atoms with van der Waals surface area (Å²) in [6.07, 6.45) is 0.933. The van der Waals surface area contributed by atoms with Crippen molar-refractivity contribution in [2.45, 2.75) is 25.8 Å². The van der Waals surface area contributed by atoms with E-state index < -0.39 is 0 Å². The van der Waals surface area contributed by atoms with E-state index in [1.54, 1.807) is 0 Å². The molecule has 0 aliphatic heterocycles. The molecular formula is C32H28N4O. The van der Waals surface area contributed by atoms with Crippen molar-refractivity contribution in [3.8, 4) is 5.69 Å². The molecule has 1 atom stereocenters. The van der Waals surface area contributed by atoms with Crippen LogP contribution in [0.5, 0.6) is 0 Å². The first kappa shape index (κ1) is 22.8. The van der Waals surface area contributed by atoms with Crippen LogP contribution in [0.2, 0.25) is 0 Å². The second kappa shape index (κ2) is 9.78. The van der Waals surface area contributed by atoms with Crippen molar-refractivity contribution in [3.63, 3.8) is 0 Å². The van der Waals surface area contributed by atoms with Gasteiger partial charge in [0, 0.05) is 22.3 Å². The van der Waals surface area contributed by atoms with Gasteiger partial charge < -0.3 is 10.3 Å². The fourth-order valence-corrected chi connectivity index (χ4v) is 5.15. The van der Waals surface area contributed by atoms with Gasteiger partial charge in [-0.05, 0) is 54.8 Å². The average Bonchev–Trinajstić information content (AvgIpc) is 3.47. The molecule has 0 spiro atoms. The van der Waals surface area contributed by atoms with Crippen LogP contribution in [0.4, 0.5) is 0 Å². The van der Waals surface area contributed by atoms with Crippen molar-refractivity contribution < 1.29 is 4.79 Å². The van der Waals surface area contributed by atoms with Gasteiger partial charge in [-0.3, -0.25) is 9.36 Å². The third-order valence-corrected chi connectivity index (χ3v) is 6.90. The SMILES string of the molecule is Cc1[nH]c2ccccc2c1CC(=O)N[C@@H](Cc1ccccc1)c1nc2ccccc2n1-c1ccccc1. The van der Waals surface area contributed by atoms with E-state index in [0.29, 0.717) is 12.8 Å². The zero-order valence-electron chi connectivity index (χ0n) is 20.7. The number of rotatable bonds is 7. The Kier molecular flexibility index (Phi) is 6.03. The van der Waals surface area contributed by atoms with E-state index in [9.17, 15) is 4.79 Å². The number of fused-ring (bicyclic) bond motifs is 2. The van der Waals surface area contributed by atoms with Crippen LogP contribution < -0.4 is 5.32 Å². The number of aromatic amines is 1. The zero-order chi connectivity index (χ0) is 25.2. The lowest BCUT2D eigenvalue weighted by Gasteiger charge is -2.21. The summed E-state index contributed by atoms with van der Waals surface area (Å²) in [6.45, 7) is 2.03. The smallest absolute Gasteiger partial charge is 0.225 e. The lowest BCUT2D eigenvalue weighted by atomic mass is 10.0. The van der Waals surface area contributed by atoms with E-state index in [-0.39, 0.29) is 11.9 Å². The van der Waals surface area contributed by atoms with Gasteiger partial charge in [-0.2, -0.15) is 0 Å². The van der Waals surface area contributed by atoms with Crippen molar-refractivity contribution in [2.24, 2.45) is 0 Å². The summed E-state index contributed by atoms with van der Waals surface area (Å²) in [4.78, 5) is 22.0. The van der Waals surface area contributed by atoms with Crippen LogP contribution in [-0.2, 0) is 17.6 Å².